The van der Waals surface area contributed by atoms with Crippen LogP contribution in [0, 0.1) is 0 Å². The van der Waals surface area contributed by atoms with Crippen molar-refractivity contribution in [2.45, 2.75) is 26.0 Å². The van der Waals surface area contributed by atoms with Crippen LogP contribution < -0.4 is 5.32 Å². The lowest BCUT2D eigenvalue weighted by Gasteiger charge is -2.17. The third kappa shape index (κ3) is 4.45. The number of carbonyl (C=O) groups is 2. The van der Waals surface area contributed by atoms with E-state index in [1.54, 1.807) is 19.1 Å². The van der Waals surface area contributed by atoms with E-state index in [1.165, 1.54) is 0 Å². The monoisotopic (exact) mass is 297 g/mol. The van der Waals surface area contributed by atoms with Crippen LogP contribution in [0.5, 0.6) is 0 Å². The predicted molar refractivity (Wildman–Crippen MR) is 83.9 cm³/mol. The van der Waals surface area contributed by atoms with Crippen LogP contribution in [0.25, 0.3) is 0 Å². The minimum atomic E-state index is -0.780. The molecule has 0 saturated heterocycles. The molecule has 1 N–H and O–H groups in total. The molecule has 2 aromatic carbocycles. The molecular formula is C18H19NO3. The van der Waals surface area contributed by atoms with Gasteiger partial charge in [-0.25, -0.2) is 4.79 Å². The highest BCUT2D eigenvalue weighted by Crippen LogP contribution is 2.15. The van der Waals surface area contributed by atoms with Crippen LogP contribution >= 0.6 is 0 Å². The van der Waals surface area contributed by atoms with Gasteiger partial charge in [-0.15, -0.1) is 0 Å². The number of amides is 1. The molecule has 0 spiro atoms. The summed E-state index contributed by atoms with van der Waals surface area (Å²) in [5.74, 6) is -0.651. The third-order valence-electron chi connectivity index (χ3n) is 3.22. The van der Waals surface area contributed by atoms with E-state index in [9.17, 15) is 9.59 Å². The molecule has 4 nitrogen and oxygen atoms in total. The molecule has 0 aliphatic rings. The molecule has 114 valence electrons. The van der Waals surface area contributed by atoms with Crippen LogP contribution in [0.3, 0.4) is 0 Å². The molecule has 0 fully saturated rings. The van der Waals surface area contributed by atoms with Crippen molar-refractivity contribution in [3.8, 4) is 0 Å². The molecule has 22 heavy (non-hydrogen) atoms. The van der Waals surface area contributed by atoms with E-state index in [0.717, 1.165) is 5.56 Å². The average molecular weight is 297 g/mol. The van der Waals surface area contributed by atoms with E-state index >= 15 is 0 Å². The second kappa shape index (κ2) is 7.98. The number of nitrogens with one attached hydrogen (secondary N) is 1. The minimum Gasteiger partial charge on any atom is -0.459 e. The van der Waals surface area contributed by atoms with Crippen molar-refractivity contribution >= 4 is 11.9 Å². The zero-order chi connectivity index (χ0) is 15.8. The summed E-state index contributed by atoms with van der Waals surface area (Å²) in [4.78, 5) is 24.0. The van der Waals surface area contributed by atoms with Gasteiger partial charge in [0.15, 0.2) is 6.04 Å². The van der Waals surface area contributed by atoms with Crippen molar-refractivity contribution in [2.75, 3.05) is 0 Å². The van der Waals surface area contributed by atoms with Gasteiger partial charge in [-0.2, -0.15) is 0 Å². The molecule has 1 amide bonds. The molecule has 0 aromatic heterocycles. The fourth-order valence-corrected chi connectivity index (χ4v) is 2.00. The second-order valence-electron chi connectivity index (χ2n) is 4.86. The average Bonchev–Trinajstić information content (AvgIpc) is 2.59. The molecule has 0 aliphatic carbocycles. The Kier molecular flexibility index (Phi) is 5.72. The summed E-state index contributed by atoms with van der Waals surface area (Å²) in [6.45, 7) is 1.93. The van der Waals surface area contributed by atoms with Crippen molar-refractivity contribution in [3.63, 3.8) is 0 Å². The Morgan fingerprint density at radius 1 is 1.00 bits per heavy atom. The number of hydrogen-bond acceptors (Lipinski definition) is 3. The molecule has 1 atom stereocenters. The Bertz CT molecular complexity index is 611. The van der Waals surface area contributed by atoms with E-state index in [2.05, 4.69) is 5.32 Å². The lowest BCUT2D eigenvalue weighted by Crippen LogP contribution is -2.34. The topological polar surface area (TPSA) is 55.4 Å². The number of hydrogen-bond donors (Lipinski definition) is 1. The van der Waals surface area contributed by atoms with Crippen LogP contribution in [-0.4, -0.2) is 11.9 Å². The molecule has 0 unspecified atom stereocenters. The number of esters is 1. The van der Waals surface area contributed by atoms with E-state index in [-0.39, 0.29) is 12.5 Å². The standard InChI is InChI=1S/C18H19NO3/c1-2-16(20)19-17(15-11-7-4-8-12-15)18(21)22-13-14-9-5-3-6-10-14/h3-12,17H,2,13H2,1H3,(H,19,20)/t17-/m0/s1. The van der Waals surface area contributed by atoms with Crippen LogP contribution in [0.15, 0.2) is 60.7 Å². The van der Waals surface area contributed by atoms with Crippen molar-refractivity contribution < 1.29 is 14.3 Å². The normalized spacial score (nSPS) is 11.5. The van der Waals surface area contributed by atoms with Gasteiger partial charge in [0.1, 0.15) is 6.61 Å². The highest BCUT2D eigenvalue weighted by atomic mass is 16.5. The zero-order valence-electron chi connectivity index (χ0n) is 12.5. The fraction of sp³-hybridized carbons (Fsp3) is 0.222. The van der Waals surface area contributed by atoms with E-state index < -0.39 is 12.0 Å². The first kappa shape index (κ1) is 15.8. The molecule has 2 aromatic rings. The molecular weight excluding hydrogens is 278 g/mol. The van der Waals surface area contributed by atoms with Crippen LogP contribution in [0.4, 0.5) is 0 Å². The minimum absolute atomic E-state index is 0.186. The van der Waals surface area contributed by atoms with Gasteiger partial charge in [-0.05, 0) is 11.1 Å². The van der Waals surface area contributed by atoms with Gasteiger partial charge < -0.3 is 10.1 Å². The third-order valence-corrected chi connectivity index (χ3v) is 3.22. The summed E-state index contributed by atoms with van der Waals surface area (Å²) >= 11 is 0. The second-order valence-corrected chi connectivity index (χ2v) is 4.86. The summed E-state index contributed by atoms with van der Waals surface area (Å²) in [6.07, 6.45) is 0.315. The Hall–Kier alpha value is -2.62. The Morgan fingerprint density at radius 2 is 1.59 bits per heavy atom. The predicted octanol–water partition coefficient (Wildman–Crippen LogP) is 3.00. The van der Waals surface area contributed by atoms with Crippen molar-refractivity contribution in [2.24, 2.45) is 0 Å². The number of carbonyl (C=O) groups excluding carboxylic acids is 2. The molecule has 0 heterocycles. The molecule has 2 rings (SSSR count). The maximum absolute atomic E-state index is 12.3. The maximum Gasteiger partial charge on any atom is 0.333 e. The molecule has 0 radical (unpaired) electrons. The summed E-state index contributed by atoms with van der Waals surface area (Å²) in [7, 11) is 0. The lowest BCUT2D eigenvalue weighted by atomic mass is 10.1. The van der Waals surface area contributed by atoms with Gasteiger partial charge in [0.25, 0.3) is 0 Å². The van der Waals surface area contributed by atoms with E-state index in [0.29, 0.717) is 12.0 Å². The van der Waals surface area contributed by atoms with Gasteiger partial charge in [0.2, 0.25) is 5.91 Å². The first-order chi connectivity index (χ1) is 10.7. The first-order valence-corrected chi connectivity index (χ1v) is 7.25. The van der Waals surface area contributed by atoms with Gasteiger partial charge in [0, 0.05) is 6.42 Å². The maximum atomic E-state index is 12.3. The lowest BCUT2D eigenvalue weighted by molar-refractivity contribution is -0.149. The van der Waals surface area contributed by atoms with Crippen molar-refractivity contribution in [1.82, 2.24) is 5.32 Å². The summed E-state index contributed by atoms with van der Waals surface area (Å²) in [5, 5.41) is 2.71. The quantitative estimate of drug-likeness (QED) is 0.834. The summed E-state index contributed by atoms with van der Waals surface area (Å²) < 4.78 is 5.34. The van der Waals surface area contributed by atoms with Crippen LogP contribution in [-0.2, 0) is 20.9 Å². The van der Waals surface area contributed by atoms with Gasteiger partial charge >= 0.3 is 5.97 Å². The van der Waals surface area contributed by atoms with E-state index in [4.69, 9.17) is 4.74 Å². The smallest absolute Gasteiger partial charge is 0.333 e. The SMILES string of the molecule is CCC(=O)N[C@H](C(=O)OCc1ccccc1)c1ccccc1. The number of benzene rings is 2. The van der Waals surface area contributed by atoms with Crippen molar-refractivity contribution in [1.29, 1.82) is 0 Å². The Labute approximate surface area is 130 Å². The Morgan fingerprint density at radius 3 is 2.18 bits per heavy atom. The number of rotatable bonds is 6. The largest absolute Gasteiger partial charge is 0.459 e. The zero-order valence-corrected chi connectivity index (χ0v) is 12.5. The molecule has 0 aliphatic heterocycles. The highest BCUT2D eigenvalue weighted by molar-refractivity contribution is 5.85. The first-order valence-electron chi connectivity index (χ1n) is 7.25. The number of ether oxygens (including phenoxy) is 1. The molecule has 0 saturated carbocycles. The fourth-order valence-electron chi connectivity index (χ4n) is 2.00. The van der Waals surface area contributed by atoms with Gasteiger partial charge in [-0.3, -0.25) is 4.79 Å². The van der Waals surface area contributed by atoms with Crippen LogP contribution in [0.1, 0.15) is 30.5 Å². The summed E-state index contributed by atoms with van der Waals surface area (Å²) in [5.41, 5.74) is 1.62. The molecule has 4 heteroatoms. The van der Waals surface area contributed by atoms with Crippen LogP contribution in [0.2, 0.25) is 0 Å². The van der Waals surface area contributed by atoms with Gasteiger partial charge in [-0.1, -0.05) is 67.6 Å². The Balaban J connectivity index is 2.07. The van der Waals surface area contributed by atoms with Crippen molar-refractivity contribution in [3.05, 3.63) is 71.8 Å². The molecule has 0 bridgehead atoms. The van der Waals surface area contributed by atoms with E-state index in [1.807, 2.05) is 48.5 Å². The van der Waals surface area contributed by atoms with Gasteiger partial charge in [0.05, 0.1) is 0 Å². The highest BCUT2D eigenvalue weighted by Gasteiger charge is 2.23. The summed E-state index contributed by atoms with van der Waals surface area (Å²) in [6, 6.07) is 17.8.